The number of likely N-dealkylation sites (N-methyl/N-ethyl adjacent to an activating group) is 1. The summed E-state index contributed by atoms with van der Waals surface area (Å²) in [4.78, 5) is 14.4. The molecule has 1 amide bonds. The number of carbonyl (C=O) groups is 1. The molecule has 0 N–H and O–H groups in total. The van der Waals surface area contributed by atoms with Gasteiger partial charge in [0, 0.05) is 19.7 Å². The minimum Gasteiger partial charge on any atom is -0.497 e. The zero-order valence-corrected chi connectivity index (χ0v) is 16.2. The maximum absolute atomic E-state index is 12.9. The summed E-state index contributed by atoms with van der Waals surface area (Å²) >= 11 is 0. The number of sulfonamides is 1. The van der Waals surface area contributed by atoms with E-state index in [2.05, 4.69) is 0 Å². The van der Waals surface area contributed by atoms with E-state index in [9.17, 15) is 13.2 Å². The van der Waals surface area contributed by atoms with E-state index >= 15 is 0 Å². The quantitative estimate of drug-likeness (QED) is 0.745. The summed E-state index contributed by atoms with van der Waals surface area (Å²) in [6.07, 6.45) is 1.09. The number of nitrogens with zero attached hydrogens (tertiary/aromatic N) is 2. The lowest BCUT2D eigenvalue weighted by Gasteiger charge is -2.31. The normalized spacial score (nSPS) is 12.3. The number of rotatable bonds is 7. The van der Waals surface area contributed by atoms with Crippen LogP contribution >= 0.6 is 0 Å². The number of ether oxygens (including phenoxy) is 1. The highest BCUT2D eigenvalue weighted by atomic mass is 32.2. The van der Waals surface area contributed by atoms with Gasteiger partial charge in [-0.15, -0.1) is 0 Å². The molecular formula is C19H24N2O4S. The Morgan fingerprint density at radius 1 is 1.12 bits per heavy atom. The Labute approximate surface area is 155 Å². The molecule has 0 aliphatic carbocycles. The number of carbonyl (C=O) groups excluding carboxylic acids is 1. The zero-order chi connectivity index (χ0) is 19.3. The lowest BCUT2D eigenvalue weighted by atomic mass is 10.2. The average molecular weight is 376 g/mol. The molecule has 1 unspecified atom stereocenters. The molecule has 0 aliphatic rings. The first-order chi connectivity index (χ1) is 12.2. The molecule has 26 heavy (non-hydrogen) atoms. The van der Waals surface area contributed by atoms with E-state index in [4.69, 9.17) is 4.74 Å². The van der Waals surface area contributed by atoms with Gasteiger partial charge in [0.2, 0.25) is 15.9 Å². The van der Waals surface area contributed by atoms with Gasteiger partial charge in [-0.1, -0.05) is 36.4 Å². The summed E-state index contributed by atoms with van der Waals surface area (Å²) in [6, 6.07) is 15.3. The maximum Gasteiger partial charge on any atom is 0.246 e. The van der Waals surface area contributed by atoms with Crippen molar-refractivity contribution in [3.63, 3.8) is 0 Å². The number of hydrogen-bond donors (Lipinski definition) is 0. The number of anilines is 1. The molecule has 0 radical (unpaired) electrons. The van der Waals surface area contributed by atoms with Crippen LogP contribution in [0.3, 0.4) is 0 Å². The molecule has 2 rings (SSSR count). The Kier molecular flexibility index (Phi) is 6.26. The van der Waals surface area contributed by atoms with Crippen LogP contribution in [0.1, 0.15) is 12.5 Å². The van der Waals surface area contributed by atoms with Crippen molar-refractivity contribution in [2.24, 2.45) is 0 Å². The first-order valence-electron chi connectivity index (χ1n) is 8.16. The second kappa shape index (κ2) is 8.23. The topological polar surface area (TPSA) is 66.9 Å². The van der Waals surface area contributed by atoms with Gasteiger partial charge >= 0.3 is 0 Å². The third-order valence-electron chi connectivity index (χ3n) is 4.01. The fourth-order valence-electron chi connectivity index (χ4n) is 2.80. The van der Waals surface area contributed by atoms with E-state index < -0.39 is 16.1 Å². The van der Waals surface area contributed by atoms with Crippen LogP contribution in [0, 0.1) is 0 Å². The standard InChI is InChI=1S/C19H24N2O4S/c1-15(19(22)20(2)14-16-9-6-5-7-10-16)21(26(4,23)24)17-11-8-12-18(13-17)25-3/h5-13,15H,14H2,1-4H3. The van der Waals surface area contributed by atoms with Gasteiger partial charge in [0.25, 0.3) is 0 Å². The average Bonchev–Trinajstić information content (AvgIpc) is 2.61. The summed E-state index contributed by atoms with van der Waals surface area (Å²) in [5.74, 6) is 0.232. The second-order valence-electron chi connectivity index (χ2n) is 6.12. The smallest absolute Gasteiger partial charge is 0.246 e. The van der Waals surface area contributed by atoms with Crippen molar-refractivity contribution < 1.29 is 17.9 Å². The van der Waals surface area contributed by atoms with Crippen molar-refractivity contribution in [3.05, 3.63) is 60.2 Å². The summed E-state index contributed by atoms with van der Waals surface area (Å²) in [5.41, 5.74) is 1.36. The lowest BCUT2D eigenvalue weighted by molar-refractivity contribution is -0.131. The molecule has 0 bridgehead atoms. The van der Waals surface area contributed by atoms with Crippen LogP contribution in [-0.4, -0.2) is 45.7 Å². The molecule has 140 valence electrons. The van der Waals surface area contributed by atoms with Gasteiger partial charge in [-0.2, -0.15) is 0 Å². The summed E-state index contributed by atoms with van der Waals surface area (Å²) in [7, 11) is -0.493. The highest BCUT2D eigenvalue weighted by molar-refractivity contribution is 7.92. The molecule has 0 aromatic heterocycles. The molecule has 7 heteroatoms. The van der Waals surface area contributed by atoms with Crippen LogP contribution in [-0.2, 0) is 21.4 Å². The third-order valence-corrected chi connectivity index (χ3v) is 5.25. The van der Waals surface area contributed by atoms with Gasteiger partial charge < -0.3 is 9.64 Å². The molecule has 2 aromatic rings. The minimum absolute atomic E-state index is 0.290. The van der Waals surface area contributed by atoms with Crippen molar-refractivity contribution in [1.82, 2.24) is 4.90 Å². The van der Waals surface area contributed by atoms with E-state index in [1.165, 1.54) is 12.0 Å². The first kappa shape index (κ1) is 19.8. The van der Waals surface area contributed by atoms with E-state index in [0.717, 1.165) is 16.1 Å². The van der Waals surface area contributed by atoms with Gasteiger partial charge in [0.05, 0.1) is 19.1 Å². The van der Waals surface area contributed by atoms with Crippen LogP contribution in [0.15, 0.2) is 54.6 Å². The minimum atomic E-state index is -3.66. The Morgan fingerprint density at radius 2 is 1.77 bits per heavy atom. The molecule has 0 fully saturated rings. The van der Waals surface area contributed by atoms with Crippen LogP contribution in [0.5, 0.6) is 5.75 Å². The number of benzene rings is 2. The molecule has 0 heterocycles. The van der Waals surface area contributed by atoms with E-state index in [1.807, 2.05) is 30.3 Å². The molecule has 1 atom stereocenters. The summed E-state index contributed by atoms with van der Waals surface area (Å²) in [5, 5.41) is 0. The van der Waals surface area contributed by atoms with Gasteiger partial charge in [0.1, 0.15) is 11.8 Å². The highest BCUT2D eigenvalue weighted by Gasteiger charge is 2.31. The predicted octanol–water partition coefficient (Wildman–Crippen LogP) is 2.51. The van der Waals surface area contributed by atoms with E-state index in [0.29, 0.717) is 18.0 Å². The van der Waals surface area contributed by atoms with Crippen LogP contribution in [0.25, 0.3) is 0 Å². The van der Waals surface area contributed by atoms with Crippen molar-refractivity contribution in [2.75, 3.05) is 24.7 Å². The van der Waals surface area contributed by atoms with Crippen molar-refractivity contribution in [1.29, 1.82) is 0 Å². The van der Waals surface area contributed by atoms with Crippen LogP contribution in [0.4, 0.5) is 5.69 Å². The predicted molar refractivity (Wildman–Crippen MR) is 103 cm³/mol. The third kappa shape index (κ3) is 4.76. The molecule has 0 saturated heterocycles. The largest absolute Gasteiger partial charge is 0.497 e. The highest BCUT2D eigenvalue weighted by Crippen LogP contribution is 2.26. The molecule has 6 nitrogen and oxygen atoms in total. The first-order valence-corrected chi connectivity index (χ1v) is 10.0. The summed E-state index contributed by atoms with van der Waals surface area (Å²) in [6.45, 7) is 1.99. The molecule has 0 saturated carbocycles. The summed E-state index contributed by atoms with van der Waals surface area (Å²) < 4.78 is 31.0. The Hall–Kier alpha value is -2.54. The lowest BCUT2D eigenvalue weighted by Crippen LogP contribution is -2.48. The Morgan fingerprint density at radius 3 is 2.35 bits per heavy atom. The number of methoxy groups -OCH3 is 1. The van der Waals surface area contributed by atoms with Crippen LogP contribution < -0.4 is 9.04 Å². The zero-order valence-electron chi connectivity index (χ0n) is 15.4. The number of amides is 1. The van der Waals surface area contributed by atoms with Crippen LogP contribution in [0.2, 0.25) is 0 Å². The maximum atomic E-state index is 12.9. The Bertz CT molecular complexity index is 853. The van der Waals surface area contributed by atoms with Gasteiger partial charge in [-0.3, -0.25) is 9.10 Å². The van der Waals surface area contributed by atoms with Gasteiger partial charge in [0.15, 0.2) is 0 Å². The van der Waals surface area contributed by atoms with E-state index in [-0.39, 0.29) is 5.91 Å². The fraction of sp³-hybridized carbons (Fsp3) is 0.316. The number of hydrogen-bond acceptors (Lipinski definition) is 4. The van der Waals surface area contributed by atoms with Gasteiger partial charge in [-0.05, 0) is 24.6 Å². The molecule has 0 aliphatic heterocycles. The van der Waals surface area contributed by atoms with Crippen molar-refractivity contribution in [2.45, 2.75) is 19.5 Å². The Balaban J connectivity index is 2.28. The van der Waals surface area contributed by atoms with Crippen molar-refractivity contribution >= 4 is 21.6 Å². The SMILES string of the molecule is COc1cccc(N(C(C)C(=O)N(C)Cc2ccccc2)S(C)(=O)=O)c1. The molecule has 0 spiro atoms. The molecular weight excluding hydrogens is 352 g/mol. The van der Waals surface area contributed by atoms with Gasteiger partial charge in [-0.25, -0.2) is 8.42 Å². The monoisotopic (exact) mass is 376 g/mol. The second-order valence-corrected chi connectivity index (χ2v) is 7.98. The molecule has 2 aromatic carbocycles. The fourth-order valence-corrected chi connectivity index (χ4v) is 3.97. The van der Waals surface area contributed by atoms with E-state index in [1.54, 1.807) is 38.2 Å². The van der Waals surface area contributed by atoms with Crippen molar-refractivity contribution in [3.8, 4) is 5.75 Å².